The molecule has 1 unspecified atom stereocenters. The summed E-state index contributed by atoms with van der Waals surface area (Å²) in [5, 5.41) is 4.53. The minimum Gasteiger partial charge on any atom is -0.496 e. The third-order valence-corrected chi connectivity index (χ3v) is 7.40. The number of aromatic nitrogens is 3. The molecular weight excluding hydrogens is 440 g/mol. The first-order valence-electron chi connectivity index (χ1n) is 11.3. The monoisotopic (exact) mass is 466 g/mol. The highest BCUT2D eigenvalue weighted by atomic mass is 35.5. The van der Waals surface area contributed by atoms with Gasteiger partial charge in [-0.05, 0) is 55.0 Å². The van der Waals surface area contributed by atoms with Crippen molar-refractivity contribution < 1.29 is 4.74 Å². The Bertz CT molecular complexity index is 1450. The molecule has 0 radical (unpaired) electrons. The first-order chi connectivity index (χ1) is 15.7. The van der Waals surface area contributed by atoms with Crippen LogP contribution < -0.4 is 21.3 Å². The number of halogens is 1. The van der Waals surface area contributed by atoms with Gasteiger partial charge < -0.3 is 20.0 Å². The van der Waals surface area contributed by atoms with E-state index in [1.807, 2.05) is 30.3 Å². The Labute approximate surface area is 196 Å². The van der Waals surface area contributed by atoms with Crippen LogP contribution in [0.3, 0.4) is 0 Å². The molecule has 7 nitrogen and oxygen atoms in total. The van der Waals surface area contributed by atoms with Gasteiger partial charge in [-0.25, -0.2) is 4.79 Å². The van der Waals surface area contributed by atoms with Crippen LogP contribution in [0.4, 0.5) is 0 Å². The molecule has 172 valence electrons. The third kappa shape index (κ3) is 3.38. The summed E-state index contributed by atoms with van der Waals surface area (Å²) in [6, 6.07) is 14.2. The first-order valence-corrected chi connectivity index (χ1v) is 11.3. The third-order valence-electron chi connectivity index (χ3n) is 7.40. The topological polar surface area (TPSA) is 91.9 Å². The summed E-state index contributed by atoms with van der Waals surface area (Å²) < 4.78 is 6.94. The van der Waals surface area contributed by atoms with E-state index in [-0.39, 0.29) is 29.7 Å². The average molecular weight is 467 g/mol. The molecule has 3 heterocycles. The fourth-order valence-electron chi connectivity index (χ4n) is 5.91. The smallest absolute Gasteiger partial charge is 0.328 e. The van der Waals surface area contributed by atoms with Crippen LogP contribution >= 0.6 is 12.4 Å². The standard InChI is InChI=1S/C25H26N4O3.ClH/c1-32-20-8-4-6-16-15(20)10-9-14-13-26-19(21(14)16)11-12-29-24(30)23-22(28-25(29)31)17-5-2-3-7-18(17)27-23;/h2-8,14,19,21,26-27H,9-13H2,1H3,(H,28,31);1H/t14-,19?,21+;/m0./s1. The van der Waals surface area contributed by atoms with Gasteiger partial charge in [0.15, 0.2) is 0 Å². The molecule has 8 heteroatoms. The largest absolute Gasteiger partial charge is 0.496 e. The molecule has 3 N–H and O–H groups in total. The van der Waals surface area contributed by atoms with Crippen LogP contribution in [0.25, 0.3) is 21.9 Å². The molecule has 1 saturated heterocycles. The van der Waals surface area contributed by atoms with E-state index in [4.69, 9.17) is 4.74 Å². The summed E-state index contributed by atoms with van der Waals surface area (Å²) in [5.74, 6) is 1.91. The molecule has 2 aromatic carbocycles. The molecule has 3 atom stereocenters. The van der Waals surface area contributed by atoms with Crippen molar-refractivity contribution in [3.63, 3.8) is 0 Å². The van der Waals surface area contributed by atoms with Gasteiger partial charge in [0.05, 0.1) is 12.6 Å². The minimum absolute atomic E-state index is 0. The molecule has 1 aliphatic carbocycles. The number of H-pyrrole nitrogens is 2. The number of aromatic amines is 2. The van der Waals surface area contributed by atoms with Gasteiger partial charge in [-0.3, -0.25) is 9.36 Å². The minimum atomic E-state index is -0.354. The van der Waals surface area contributed by atoms with Crippen molar-refractivity contribution in [3.8, 4) is 5.75 Å². The van der Waals surface area contributed by atoms with E-state index in [2.05, 4.69) is 27.4 Å². The van der Waals surface area contributed by atoms with Gasteiger partial charge in [0.1, 0.15) is 11.3 Å². The zero-order valence-electron chi connectivity index (χ0n) is 18.4. The number of ether oxygens (including phenoxy) is 1. The van der Waals surface area contributed by atoms with E-state index < -0.39 is 0 Å². The number of hydrogen-bond donors (Lipinski definition) is 3. The summed E-state index contributed by atoms with van der Waals surface area (Å²) in [5.41, 5.74) is 3.92. The van der Waals surface area contributed by atoms with E-state index in [1.165, 1.54) is 15.7 Å². The van der Waals surface area contributed by atoms with Gasteiger partial charge in [-0.2, -0.15) is 0 Å². The Kier molecular flexibility index (Phi) is 5.54. The first kappa shape index (κ1) is 21.8. The highest BCUT2D eigenvalue weighted by molar-refractivity contribution is 6.04. The van der Waals surface area contributed by atoms with Crippen LogP contribution in [0.1, 0.15) is 29.9 Å². The summed E-state index contributed by atoms with van der Waals surface area (Å²) in [6.07, 6.45) is 2.88. The zero-order chi connectivity index (χ0) is 21.8. The highest BCUT2D eigenvalue weighted by Gasteiger charge is 2.40. The Hall–Kier alpha value is -3.03. The van der Waals surface area contributed by atoms with Crippen LogP contribution in [0.2, 0.25) is 0 Å². The van der Waals surface area contributed by atoms with Crippen molar-refractivity contribution in [1.82, 2.24) is 19.9 Å². The molecule has 2 aromatic heterocycles. The van der Waals surface area contributed by atoms with Gasteiger partial charge in [0, 0.05) is 29.4 Å². The molecule has 0 amide bonds. The number of nitrogens with one attached hydrogen (secondary N) is 3. The highest BCUT2D eigenvalue weighted by Crippen LogP contribution is 2.45. The quantitative estimate of drug-likeness (QED) is 0.430. The molecule has 0 spiro atoms. The molecule has 1 fully saturated rings. The van der Waals surface area contributed by atoms with Crippen molar-refractivity contribution in [3.05, 3.63) is 74.4 Å². The fraction of sp³-hybridized carbons (Fsp3) is 0.360. The number of rotatable bonds is 4. The van der Waals surface area contributed by atoms with Crippen molar-refractivity contribution in [1.29, 1.82) is 0 Å². The second kappa shape index (κ2) is 8.39. The second-order valence-corrected chi connectivity index (χ2v) is 8.96. The summed E-state index contributed by atoms with van der Waals surface area (Å²) in [6.45, 7) is 1.35. The number of nitrogens with zero attached hydrogens (tertiary/aromatic N) is 1. The zero-order valence-corrected chi connectivity index (χ0v) is 19.2. The molecule has 2 aliphatic rings. The lowest BCUT2D eigenvalue weighted by Gasteiger charge is -2.32. The molecular formula is C25H27ClN4O3. The summed E-state index contributed by atoms with van der Waals surface area (Å²) in [7, 11) is 1.73. The van der Waals surface area contributed by atoms with E-state index >= 15 is 0 Å². The lowest BCUT2D eigenvalue weighted by Crippen LogP contribution is -2.38. The number of benzene rings is 2. The lowest BCUT2D eigenvalue weighted by molar-refractivity contribution is 0.371. The fourth-order valence-corrected chi connectivity index (χ4v) is 5.91. The Morgan fingerprint density at radius 1 is 1.06 bits per heavy atom. The lowest BCUT2D eigenvalue weighted by atomic mass is 9.73. The molecule has 1 aliphatic heterocycles. The Morgan fingerprint density at radius 3 is 2.76 bits per heavy atom. The average Bonchev–Trinajstić information content (AvgIpc) is 3.40. The van der Waals surface area contributed by atoms with Crippen LogP contribution in [-0.2, 0) is 13.0 Å². The maximum atomic E-state index is 13.2. The molecule has 4 aromatic rings. The SMILES string of the molecule is COc1cccc2c1CC[C@H]1CNC(CCn3c(=O)[nH]c4c([nH]c5ccccc54)c3=O)[C@@H]21.Cl. The predicted molar refractivity (Wildman–Crippen MR) is 132 cm³/mol. The molecule has 6 rings (SSSR count). The van der Waals surface area contributed by atoms with Gasteiger partial charge in [-0.15, -0.1) is 12.4 Å². The number of para-hydroxylation sites is 1. The van der Waals surface area contributed by atoms with Crippen molar-refractivity contribution in [2.24, 2.45) is 5.92 Å². The van der Waals surface area contributed by atoms with Gasteiger partial charge in [-0.1, -0.05) is 30.3 Å². The van der Waals surface area contributed by atoms with E-state index in [1.54, 1.807) is 7.11 Å². The molecule has 0 bridgehead atoms. The number of fused-ring (bicyclic) bond motifs is 6. The van der Waals surface area contributed by atoms with Crippen molar-refractivity contribution >= 4 is 34.3 Å². The van der Waals surface area contributed by atoms with E-state index in [0.29, 0.717) is 35.8 Å². The maximum Gasteiger partial charge on any atom is 0.328 e. The Balaban J connectivity index is 0.00000228. The number of methoxy groups -OCH3 is 1. The van der Waals surface area contributed by atoms with Crippen molar-refractivity contribution in [2.75, 3.05) is 13.7 Å². The van der Waals surface area contributed by atoms with Crippen LogP contribution in [-0.4, -0.2) is 34.2 Å². The van der Waals surface area contributed by atoms with Gasteiger partial charge in [0.25, 0.3) is 5.56 Å². The summed E-state index contributed by atoms with van der Waals surface area (Å²) >= 11 is 0. The molecule has 0 saturated carbocycles. The number of hydrogen-bond acceptors (Lipinski definition) is 4. The second-order valence-electron chi connectivity index (χ2n) is 8.96. The normalized spacial score (nSPS) is 21.5. The predicted octanol–water partition coefficient (Wildman–Crippen LogP) is 3.31. The Morgan fingerprint density at radius 2 is 1.91 bits per heavy atom. The van der Waals surface area contributed by atoms with Crippen LogP contribution in [0.5, 0.6) is 5.75 Å². The molecule has 33 heavy (non-hydrogen) atoms. The van der Waals surface area contributed by atoms with Crippen LogP contribution in [0.15, 0.2) is 52.1 Å². The van der Waals surface area contributed by atoms with E-state index in [0.717, 1.165) is 36.0 Å². The van der Waals surface area contributed by atoms with E-state index in [9.17, 15) is 9.59 Å². The van der Waals surface area contributed by atoms with Gasteiger partial charge >= 0.3 is 5.69 Å². The maximum absolute atomic E-state index is 13.2. The van der Waals surface area contributed by atoms with Crippen LogP contribution in [0, 0.1) is 5.92 Å². The van der Waals surface area contributed by atoms with Gasteiger partial charge in [0.2, 0.25) is 0 Å². The van der Waals surface area contributed by atoms with Crippen molar-refractivity contribution in [2.45, 2.75) is 37.8 Å². The summed E-state index contributed by atoms with van der Waals surface area (Å²) in [4.78, 5) is 32.1.